The van der Waals surface area contributed by atoms with E-state index < -0.39 is 0 Å². The van der Waals surface area contributed by atoms with Crippen LogP contribution in [0.15, 0.2) is 48.5 Å². The van der Waals surface area contributed by atoms with Gasteiger partial charge in [-0.2, -0.15) is 0 Å². The molecular weight excluding hydrogens is 328 g/mol. The van der Waals surface area contributed by atoms with Gasteiger partial charge in [0.25, 0.3) is 0 Å². The van der Waals surface area contributed by atoms with Crippen LogP contribution in [0, 0.1) is 0 Å². The highest BCUT2D eigenvalue weighted by Gasteiger charge is 2.03. The zero-order chi connectivity index (χ0) is 18.8. The van der Waals surface area contributed by atoms with Gasteiger partial charge in [-0.25, -0.2) is 0 Å². The molecule has 0 aromatic heterocycles. The van der Waals surface area contributed by atoms with Gasteiger partial charge in [0.15, 0.2) is 0 Å². The lowest BCUT2D eigenvalue weighted by Crippen LogP contribution is -2.23. The van der Waals surface area contributed by atoms with Gasteiger partial charge in [0.05, 0.1) is 13.2 Å². The summed E-state index contributed by atoms with van der Waals surface area (Å²) in [5.74, 6) is 1.67. The highest BCUT2D eigenvalue weighted by atomic mass is 16.5. The Bertz CT molecular complexity index is 684. The number of hydrogen-bond donors (Lipinski definition) is 2. The minimum absolute atomic E-state index is 0.00333. The summed E-state index contributed by atoms with van der Waals surface area (Å²) in [6.45, 7) is 5.43. The van der Waals surface area contributed by atoms with Crippen LogP contribution in [0.2, 0.25) is 0 Å². The van der Waals surface area contributed by atoms with Crippen LogP contribution in [0.25, 0.3) is 0 Å². The van der Waals surface area contributed by atoms with Crippen molar-refractivity contribution in [3.8, 4) is 11.5 Å². The topological polar surface area (TPSA) is 59.6 Å². The molecule has 0 saturated heterocycles. The SMILES string of the molecule is COc1cccc(CCNCCC(=O)Nc2ccc(OC(C)C)cc2)c1. The standard InChI is InChI=1S/C21H28N2O3/c1-16(2)26-19-9-7-18(8-10-19)23-21(24)12-14-22-13-11-17-5-4-6-20(15-17)25-3/h4-10,15-16,22H,11-14H2,1-3H3,(H,23,24). The van der Waals surface area contributed by atoms with Gasteiger partial charge >= 0.3 is 0 Å². The largest absolute Gasteiger partial charge is 0.497 e. The third kappa shape index (κ3) is 7.15. The Kier molecular flexibility index (Phi) is 7.96. The van der Waals surface area contributed by atoms with Crippen molar-refractivity contribution in [1.29, 1.82) is 0 Å². The highest BCUT2D eigenvalue weighted by Crippen LogP contribution is 2.17. The van der Waals surface area contributed by atoms with E-state index in [4.69, 9.17) is 9.47 Å². The second-order valence-corrected chi connectivity index (χ2v) is 6.34. The monoisotopic (exact) mass is 356 g/mol. The smallest absolute Gasteiger partial charge is 0.225 e. The Labute approximate surface area is 155 Å². The van der Waals surface area contributed by atoms with Crippen molar-refractivity contribution in [2.24, 2.45) is 0 Å². The summed E-state index contributed by atoms with van der Waals surface area (Å²) in [4.78, 5) is 12.0. The van der Waals surface area contributed by atoms with Crippen molar-refractivity contribution in [1.82, 2.24) is 5.32 Å². The number of methoxy groups -OCH3 is 1. The summed E-state index contributed by atoms with van der Waals surface area (Å²) < 4.78 is 10.8. The molecule has 1 amide bonds. The number of benzene rings is 2. The second-order valence-electron chi connectivity index (χ2n) is 6.34. The number of amides is 1. The molecule has 26 heavy (non-hydrogen) atoms. The zero-order valence-corrected chi connectivity index (χ0v) is 15.7. The minimum Gasteiger partial charge on any atom is -0.497 e. The van der Waals surface area contributed by atoms with E-state index in [1.807, 2.05) is 56.3 Å². The van der Waals surface area contributed by atoms with Gasteiger partial charge in [-0.3, -0.25) is 4.79 Å². The van der Waals surface area contributed by atoms with Crippen molar-refractivity contribution < 1.29 is 14.3 Å². The molecule has 0 heterocycles. The molecule has 2 aromatic rings. The fourth-order valence-electron chi connectivity index (χ4n) is 2.50. The lowest BCUT2D eigenvalue weighted by molar-refractivity contribution is -0.116. The van der Waals surface area contributed by atoms with Gasteiger partial charge in [-0.05, 0) is 68.8 Å². The number of hydrogen-bond acceptors (Lipinski definition) is 4. The van der Waals surface area contributed by atoms with E-state index in [1.165, 1.54) is 5.56 Å². The number of nitrogens with one attached hydrogen (secondary N) is 2. The van der Waals surface area contributed by atoms with Crippen molar-refractivity contribution >= 4 is 11.6 Å². The number of carbonyl (C=O) groups excluding carboxylic acids is 1. The van der Waals surface area contributed by atoms with Crippen LogP contribution in [0.5, 0.6) is 11.5 Å². The van der Waals surface area contributed by atoms with Gasteiger partial charge in [-0.1, -0.05) is 12.1 Å². The third-order valence-corrected chi connectivity index (χ3v) is 3.76. The summed E-state index contributed by atoms with van der Waals surface area (Å²) in [7, 11) is 1.67. The van der Waals surface area contributed by atoms with Crippen LogP contribution >= 0.6 is 0 Å². The average Bonchev–Trinajstić information content (AvgIpc) is 2.63. The van der Waals surface area contributed by atoms with Gasteiger partial charge < -0.3 is 20.1 Å². The fraction of sp³-hybridized carbons (Fsp3) is 0.381. The number of ether oxygens (including phenoxy) is 2. The van der Waals surface area contributed by atoms with Crippen LogP contribution in [-0.2, 0) is 11.2 Å². The summed E-state index contributed by atoms with van der Waals surface area (Å²) in [5, 5.41) is 6.19. The summed E-state index contributed by atoms with van der Waals surface area (Å²) >= 11 is 0. The normalized spacial score (nSPS) is 10.6. The van der Waals surface area contributed by atoms with Crippen LogP contribution in [0.3, 0.4) is 0 Å². The Morgan fingerprint density at radius 2 is 1.81 bits per heavy atom. The molecule has 0 aliphatic carbocycles. The molecule has 2 N–H and O–H groups in total. The first-order chi connectivity index (χ1) is 12.6. The Balaban J connectivity index is 1.64. The van der Waals surface area contributed by atoms with Gasteiger partial charge in [0.1, 0.15) is 11.5 Å². The lowest BCUT2D eigenvalue weighted by atomic mass is 10.1. The van der Waals surface area contributed by atoms with E-state index in [-0.39, 0.29) is 12.0 Å². The van der Waals surface area contributed by atoms with Crippen LogP contribution < -0.4 is 20.1 Å². The lowest BCUT2D eigenvalue weighted by Gasteiger charge is -2.11. The Hall–Kier alpha value is -2.53. The summed E-state index contributed by atoms with van der Waals surface area (Å²) in [6, 6.07) is 15.5. The predicted octanol–water partition coefficient (Wildman–Crippen LogP) is 3.64. The summed E-state index contributed by atoms with van der Waals surface area (Å²) in [6.07, 6.45) is 1.47. The molecule has 0 unspecified atom stereocenters. The first kappa shape index (κ1) is 19.8. The van der Waals surface area contributed by atoms with E-state index >= 15 is 0 Å². The van der Waals surface area contributed by atoms with Gasteiger partial charge in [-0.15, -0.1) is 0 Å². The molecule has 0 radical (unpaired) electrons. The zero-order valence-electron chi connectivity index (χ0n) is 15.7. The van der Waals surface area contributed by atoms with E-state index in [1.54, 1.807) is 7.11 Å². The van der Waals surface area contributed by atoms with Crippen molar-refractivity contribution in [3.63, 3.8) is 0 Å². The van der Waals surface area contributed by atoms with Crippen molar-refractivity contribution in [3.05, 3.63) is 54.1 Å². The molecule has 5 nitrogen and oxygen atoms in total. The first-order valence-electron chi connectivity index (χ1n) is 8.97. The molecule has 0 fully saturated rings. The van der Waals surface area contributed by atoms with Crippen LogP contribution in [-0.4, -0.2) is 32.2 Å². The Morgan fingerprint density at radius 1 is 1.04 bits per heavy atom. The second kappa shape index (κ2) is 10.5. The van der Waals surface area contributed by atoms with E-state index in [0.717, 1.165) is 30.2 Å². The van der Waals surface area contributed by atoms with E-state index in [9.17, 15) is 4.79 Å². The molecule has 0 bridgehead atoms. The van der Waals surface area contributed by atoms with Crippen LogP contribution in [0.1, 0.15) is 25.8 Å². The molecule has 0 saturated carbocycles. The molecule has 2 rings (SSSR count). The van der Waals surface area contributed by atoms with Crippen molar-refractivity contribution in [2.45, 2.75) is 32.8 Å². The highest BCUT2D eigenvalue weighted by molar-refractivity contribution is 5.90. The maximum atomic E-state index is 12.0. The molecular formula is C21H28N2O3. The maximum absolute atomic E-state index is 12.0. The molecule has 0 atom stereocenters. The first-order valence-corrected chi connectivity index (χ1v) is 8.97. The quantitative estimate of drug-likeness (QED) is 0.638. The molecule has 0 spiro atoms. The van der Waals surface area contributed by atoms with Crippen LogP contribution in [0.4, 0.5) is 5.69 Å². The molecule has 0 aliphatic rings. The Morgan fingerprint density at radius 3 is 2.50 bits per heavy atom. The van der Waals surface area contributed by atoms with Gasteiger partial charge in [0, 0.05) is 18.7 Å². The number of carbonyl (C=O) groups is 1. The minimum atomic E-state index is -0.00333. The maximum Gasteiger partial charge on any atom is 0.225 e. The fourth-order valence-corrected chi connectivity index (χ4v) is 2.50. The van der Waals surface area contributed by atoms with E-state index in [2.05, 4.69) is 16.7 Å². The number of rotatable bonds is 10. The third-order valence-electron chi connectivity index (χ3n) is 3.76. The molecule has 0 aliphatic heterocycles. The number of anilines is 1. The molecule has 140 valence electrons. The summed E-state index contributed by atoms with van der Waals surface area (Å²) in [5.41, 5.74) is 1.99. The van der Waals surface area contributed by atoms with E-state index in [0.29, 0.717) is 13.0 Å². The molecule has 2 aromatic carbocycles. The van der Waals surface area contributed by atoms with Crippen molar-refractivity contribution in [2.75, 3.05) is 25.5 Å². The van der Waals surface area contributed by atoms with Gasteiger partial charge in [0.2, 0.25) is 5.91 Å². The predicted molar refractivity (Wildman–Crippen MR) is 105 cm³/mol. The average molecular weight is 356 g/mol. The molecule has 5 heteroatoms.